The van der Waals surface area contributed by atoms with Gasteiger partial charge in [-0.05, 0) is 24.6 Å². The van der Waals surface area contributed by atoms with Crippen LogP contribution in [0.3, 0.4) is 0 Å². The number of carbonyl (C=O) groups excluding carboxylic acids is 1. The molecule has 0 aliphatic rings. The van der Waals surface area contributed by atoms with Crippen LogP contribution in [0.1, 0.15) is 18.4 Å². The zero-order valence-corrected chi connectivity index (χ0v) is 15.8. The van der Waals surface area contributed by atoms with Crippen LogP contribution >= 0.6 is 11.6 Å². The van der Waals surface area contributed by atoms with E-state index >= 15 is 0 Å². The van der Waals surface area contributed by atoms with Crippen molar-refractivity contribution in [2.45, 2.75) is 23.9 Å². The standard InChI is InChI=1S/C16H16ClF3N4O3S/c17-13-9-11(16(18,19)20)10-22-15(13)21-8-4-7-14(25)23-24-28(26,27)12-5-2-1-3-6-12/h1-3,5-6,9-10,24H,4,7-8H2,(H,21,22)(H,23,25). The first kappa shape index (κ1) is 21.9. The maximum atomic E-state index is 12.5. The van der Waals surface area contributed by atoms with Gasteiger partial charge < -0.3 is 5.32 Å². The highest BCUT2D eigenvalue weighted by Gasteiger charge is 2.31. The summed E-state index contributed by atoms with van der Waals surface area (Å²) in [6.07, 6.45) is -3.67. The maximum absolute atomic E-state index is 12.5. The second kappa shape index (κ2) is 9.22. The van der Waals surface area contributed by atoms with E-state index in [9.17, 15) is 26.4 Å². The summed E-state index contributed by atoms with van der Waals surface area (Å²) in [5.41, 5.74) is 1.12. The number of nitrogens with zero attached hydrogens (tertiary/aromatic N) is 1. The Labute approximate surface area is 164 Å². The van der Waals surface area contributed by atoms with Crippen LogP contribution < -0.4 is 15.6 Å². The van der Waals surface area contributed by atoms with E-state index in [0.29, 0.717) is 6.20 Å². The first-order valence-corrected chi connectivity index (χ1v) is 9.78. The van der Waals surface area contributed by atoms with Crippen LogP contribution in [0.15, 0.2) is 47.5 Å². The summed E-state index contributed by atoms with van der Waals surface area (Å²) in [4.78, 5) is 17.3. The van der Waals surface area contributed by atoms with Crippen LogP contribution in [0.25, 0.3) is 0 Å². The van der Waals surface area contributed by atoms with Crippen LogP contribution in [0, 0.1) is 0 Å². The normalized spacial score (nSPS) is 11.9. The van der Waals surface area contributed by atoms with Crippen LogP contribution in [0.5, 0.6) is 0 Å². The zero-order valence-electron chi connectivity index (χ0n) is 14.3. The van der Waals surface area contributed by atoms with Gasteiger partial charge >= 0.3 is 6.18 Å². The topological polar surface area (TPSA) is 100 Å². The van der Waals surface area contributed by atoms with Crippen molar-refractivity contribution in [1.82, 2.24) is 15.2 Å². The largest absolute Gasteiger partial charge is 0.417 e. The van der Waals surface area contributed by atoms with Gasteiger partial charge in [-0.3, -0.25) is 10.2 Å². The van der Waals surface area contributed by atoms with Gasteiger partial charge in [0.05, 0.1) is 15.5 Å². The third-order valence-corrected chi connectivity index (χ3v) is 4.97. The fourth-order valence-corrected chi connectivity index (χ4v) is 3.14. The van der Waals surface area contributed by atoms with Crippen molar-refractivity contribution >= 4 is 33.3 Å². The summed E-state index contributed by atoms with van der Waals surface area (Å²) >= 11 is 5.75. The molecule has 0 unspecified atom stereocenters. The molecule has 1 amide bonds. The number of anilines is 1. The number of benzene rings is 1. The number of aromatic nitrogens is 1. The van der Waals surface area contributed by atoms with Crippen molar-refractivity contribution < 1.29 is 26.4 Å². The van der Waals surface area contributed by atoms with Crippen LogP contribution in [0.2, 0.25) is 5.02 Å². The van der Waals surface area contributed by atoms with E-state index in [-0.39, 0.29) is 35.1 Å². The van der Waals surface area contributed by atoms with E-state index in [1.807, 2.05) is 4.83 Å². The van der Waals surface area contributed by atoms with Gasteiger partial charge in [0.25, 0.3) is 10.0 Å². The van der Waals surface area contributed by atoms with Crippen molar-refractivity contribution in [1.29, 1.82) is 0 Å². The van der Waals surface area contributed by atoms with Crippen molar-refractivity contribution in [2.24, 2.45) is 0 Å². The second-order valence-corrected chi connectivity index (χ2v) is 7.64. The van der Waals surface area contributed by atoms with E-state index in [4.69, 9.17) is 11.6 Å². The molecule has 0 fully saturated rings. The monoisotopic (exact) mass is 436 g/mol. The summed E-state index contributed by atoms with van der Waals surface area (Å²) in [5.74, 6) is -0.521. The fourth-order valence-electron chi connectivity index (χ4n) is 2.02. The molecule has 152 valence electrons. The molecule has 0 aliphatic carbocycles. The molecule has 3 N–H and O–H groups in total. The number of hydrogen-bond donors (Lipinski definition) is 3. The molecular weight excluding hydrogens is 421 g/mol. The molecule has 0 aliphatic heterocycles. The molecule has 0 saturated carbocycles. The lowest BCUT2D eigenvalue weighted by molar-refractivity contribution is -0.137. The van der Waals surface area contributed by atoms with Gasteiger partial charge in [0.15, 0.2) is 0 Å². The average molecular weight is 437 g/mol. The van der Waals surface area contributed by atoms with Crippen molar-refractivity contribution in [3.05, 3.63) is 53.2 Å². The molecule has 2 aromatic rings. The van der Waals surface area contributed by atoms with Gasteiger partial charge in [-0.25, -0.2) is 13.4 Å². The molecule has 0 radical (unpaired) electrons. The Morgan fingerprint density at radius 1 is 1.18 bits per heavy atom. The predicted octanol–water partition coefficient (Wildman–Crippen LogP) is 2.96. The highest BCUT2D eigenvalue weighted by Crippen LogP contribution is 2.32. The summed E-state index contributed by atoms with van der Waals surface area (Å²) in [7, 11) is -3.87. The fraction of sp³-hybridized carbons (Fsp3) is 0.250. The minimum Gasteiger partial charge on any atom is -0.369 e. The first-order chi connectivity index (χ1) is 13.1. The van der Waals surface area contributed by atoms with Gasteiger partial charge in [0.2, 0.25) is 5.91 Å². The van der Waals surface area contributed by atoms with E-state index in [2.05, 4.69) is 15.7 Å². The van der Waals surface area contributed by atoms with Crippen molar-refractivity contribution in [3.8, 4) is 0 Å². The average Bonchev–Trinajstić information content (AvgIpc) is 2.64. The Hall–Kier alpha value is -2.37. The molecule has 7 nitrogen and oxygen atoms in total. The Bertz CT molecular complexity index is 924. The molecule has 0 saturated heterocycles. The molecule has 0 spiro atoms. The number of carbonyl (C=O) groups is 1. The molecule has 0 bridgehead atoms. The van der Waals surface area contributed by atoms with Crippen LogP contribution in [-0.2, 0) is 21.0 Å². The molecule has 1 aromatic heterocycles. The molecule has 1 heterocycles. The first-order valence-electron chi connectivity index (χ1n) is 7.92. The van der Waals surface area contributed by atoms with Crippen LogP contribution in [-0.4, -0.2) is 25.9 Å². The van der Waals surface area contributed by atoms with Gasteiger partial charge in [-0.1, -0.05) is 29.8 Å². The van der Waals surface area contributed by atoms with Crippen LogP contribution in [0.4, 0.5) is 19.0 Å². The summed E-state index contributed by atoms with van der Waals surface area (Å²) in [6, 6.07) is 8.24. The quantitative estimate of drug-likeness (QED) is 0.436. The number of hydrazine groups is 1. The maximum Gasteiger partial charge on any atom is 0.417 e. The number of sulfonamides is 1. The smallest absolute Gasteiger partial charge is 0.369 e. The Morgan fingerprint density at radius 2 is 1.86 bits per heavy atom. The molecule has 28 heavy (non-hydrogen) atoms. The lowest BCUT2D eigenvalue weighted by Gasteiger charge is -2.11. The number of halogens is 4. The van der Waals surface area contributed by atoms with Gasteiger partial charge in [-0.2, -0.15) is 13.2 Å². The Morgan fingerprint density at radius 3 is 2.46 bits per heavy atom. The highest BCUT2D eigenvalue weighted by atomic mass is 35.5. The van der Waals surface area contributed by atoms with Crippen molar-refractivity contribution in [2.75, 3.05) is 11.9 Å². The number of nitrogens with one attached hydrogen (secondary N) is 3. The molecule has 12 heteroatoms. The number of rotatable bonds is 8. The van der Waals surface area contributed by atoms with Gasteiger partial charge in [0, 0.05) is 19.2 Å². The lowest BCUT2D eigenvalue weighted by atomic mass is 10.2. The van der Waals surface area contributed by atoms with E-state index in [1.165, 1.54) is 12.1 Å². The molecular formula is C16H16ClF3N4O3S. The summed E-state index contributed by atoms with van der Waals surface area (Å²) in [5, 5.41) is 2.52. The molecule has 1 aromatic carbocycles. The van der Waals surface area contributed by atoms with Gasteiger partial charge in [0.1, 0.15) is 5.82 Å². The summed E-state index contributed by atoms with van der Waals surface area (Å²) < 4.78 is 61.5. The third-order valence-electron chi connectivity index (χ3n) is 3.42. The second-order valence-electron chi connectivity index (χ2n) is 5.55. The minimum atomic E-state index is -4.54. The number of amides is 1. The molecule has 0 atom stereocenters. The molecule has 2 rings (SSSR count). The lowest BCUT2D eigenvalue weighted by Crippen LogP contribution is -2.41. The number of pyridine rings is 1. The zero-order chi connectivity index (χ0) is 20.8. The number of hydrogen-bond acceptors (Lipinski definition) is 5. The number of alkyl halides is 3. The SMILES string of the molecule is O=C(CCCNc1ncc(C(F)(F)F)cc1Cl)NNS(=O)(=O)c1ccccc1. The van der Waals surface area contributed by atoms with Gasteiger partial charge in [-0.15, -0.1) is 4.83 Å². The Kier molecular flexibility index (Phi) is 7.22. The van der Waals surface area contributed by atoms with E-state index in [1.54, 1.807) is 18.2 Å². The predicted molar refractivity (Wildman–Crippen MR) is 96.9 cm³/mol. The summed E-state index contributed by atoms with van der Waals surface area (Å²) in [6.45, 7) is 0.191. The minimum absolute atomic E-state index is 0.0000124. The Balaban J connectivity index is 1.76. The highest BCUT2D eigenvalue weighted by molar-refractivity contribution is 7.89. The third kappa shape index (κ3) is 6.36. The van der Waals surface area contributed by atoms with Crippen molar-refractivity contribution in [3.63, 3.8) is 0 Å². The van der Waals surface area contributed by atoms with E-state index in [0.717, 1.165) is 6.07 Å². The van der Waals surface area contributed by atoms with E-state index < -0.39 is 27.7 Å².